The molecule has 3 rings (SSSR count). The topological polar surface area (TPSA) is 65.1 Å². The molecule has 1 fully saturated rings. The molecule has 0 N–H and O–H groups in total. The van der Waals surface area contributed by atoms with E-state index in [1.54, 1.807) is 31.7 Å². The number of amides is 1. The van der Waals surface area contributed by atoms with Gasteiger partial charge in [0.1, 0.15) is 22.8 Å². The largest absolute Gasteiger partial charge is 0.493 e. The SMILES string of the molecule is CC1(C)COc2cc(C(C(=O)OC(C)(C)C)C3CCN(C(=O)OC(C)(C)C)CC3)c(Cl)c(F)c2C1. The molecular weight excluding hydrogens is 473 g/mol. The maximum absolute atomic E-state index is 15.5. The van der Waals surface area contributed by atoms with Crippen molar-refractivity contribution in [2.45, 2.75) is 91.8 Å². The number of nitrogens with zero attached hydrogens (tertiary/aromatic N) is 1. The van der Waals surface area contributed by atoms with Crippen molar-refractivity contribution in [1.29, 1.82) is 0 Å². The number of rotatable bonds is 3. The van der Waals surface area contributed by atoms with Gasteiger partial charge in [-0.05, 0) is 78.4 Å². The maximum Gasteiger partial charge on any atom is 0.410 e. The van der Waals surface area contributed by atoms with Crippen LogP contribution in [0.1, 0.15) is 85.3 Å². The van der Waals surface area contributed by atoms with Crippen LogP contribution in [0.5, 0.6) is 5.75 Å². The summed E-state index contributed by atoms with van der Waals surface area (Å²) in [5.74, 6) is -1.52. The number of likely N-dealkylation sites (tertiary alicyclic amines) is 1. The number of ether oxygens (including phenoxy) is 3. The molecule has 35 heavy (non-hydrogen) atoms. The molecule has 1 saturated heterocycles. The van der Waals surface area contributed by atoms with Crippen molar-refractivity contribution in [3.63, 3.8) is 0 Å². The van der Waals surface area contributed by atoms with E-state index in [0.29, 0.717) is 55.8 Å². The Morgan fingerprint density at radius 2 is 1.69 bits per heavy atom. The predicted octanol–water partition coefficient (Wildman–Crippen LogP) is 6.51. The molecule has 0 radical (unpaired) electrons. The molecule has 8 heteroatoms. The van der Waals surface area contributed by atoms with E-state index in [1.165, 1.54) is 0 Å². The minimum Gasteiger partial charge on any atom is -0.493 e. The Balaban J connectivity index is 1.92. The first-order chi connectivity index (χ1) is 16.0. The highest BCUT2D eigenvalue weighted by Gasteiger charge is 2.40. The highest BCUT2D eigenvalue weighted by atomic mass is 35.5. The molecule has 1 amide bonds. The van der Waals surface area contributed by atoms with E-state index < -0.39 is 28.9 Å². The minimum atomic E-state index is -0.777. The first-order valence-electron chi connectivity index (χ1n) is 12.3. The van der Waals surface area contributed by atoms with Crippen LogP contribution in [0.4, 0.5) is 9.18 Å². The van der Waals surface area contributed by atoms with Crippen LogP contribution < -0.4 is 4.74 Å². The lowest BCUT2D eigenvalue weighted by Crippen LogP contribution is -2.44. The molecule has 0 saturated carbocycles. The van der Waals surface area contributed by atoms with E-state index >= 15 is 4.39 Å². The van der Waals surface area contributed by atoms with E-state index in [9.17, 15) is 9.59 Å². The summed E-state index contributed by atoms with van der Waals surface area (Å²) in [5, 5.41) is -0.0597. The van der Waals surface area contributed by atoms with Gasteiger partial charge in [-0.2, -0.15) is 0 Å². The zero-order valence-electron chi connectivity index (χ0n) is 22.2. The van der Waals surface area contributed by atoms with Crippen LogP contribution in [0.2, 0.25) is 5.02 Å². The molecule has 2 aliphatic heterocycles. The van der Waals surface area contributed by atoms with E-state index in [4.69, 9.17) is 25.8 Å². The molecule has 1 atom stereocenters. The molecule has 0 spiro atoms. The molecule has 1 aromatic rings. The van der Waals surface area contributed by atoms with Gasteiger partial charge in [0.25, 0.3) is 0 Å². The fourth-order valence-corrected chi connectivity index (χ4v) is 4.95. The van der Waals surface area contributed by atoms with Gasteiger partial charge in [0.2, 0.25) is 0 Å². The van der Waals surface area contributed by atoms with Crippen molar-refractivity contribution in [1.82, 2.24) is 4.90 Å². The van der Waals surface area contributed by atoms with Crippen LogP contribution in [-0.2, 0) is 20.7 Å². The van der Waals surface area contributed by atoms with Gasteiger partial charge in [-0.1, -0.05) is 25.4 Å². The van der Waals surface area contributed by atoms with Crippen LogP contribution in [0.3, 0.4) is 0 Å². The second-order valence-corrected chi connectivity index (χ2v) is 12.9. The lowest BCUT2D eigenvalue weighted by Gasteiger charge is -2.38. The summed E-state index contributed by atoms with van der Waals surface area (Å²) in [5.41, 5.74) is -0.690. The lowest BCUT2D eigenvalue weighted by molar-refractivity contribution is -0.158. The van der Waals surface area contributed by atoms with Crippen molar-refractivity contribution in [3.05, 3.63) is 28.0 Å². The molecular formula is C27H39ClFNO5. The first kappa shape index (κ1) is 27.6. The van der Waals surface area contributed by atoms with Gasteiger partial charge in [0.15, 0.2) is 0 Å². The lowest BCUT2D eigenvalue weighted by atomic mass is 9.78. The van der Waals surface area contributed by atoms with Gasteiger partial charge in [-0.3, -0.25) is 4.79 Å². The smallest absolute Gasteiger partial charge is 0.410 e. The van der Waals surface area contributed by atoms with E-state index in [1.807, 2.05) is 34.6 Å². The predicted molar refractivity (Wildman–Crippen MR) is 134 cm³/mol. The van der Waals surface area contributed by atoms with Crippen LogP contribution in [0, 0.1) is 17.2 Å². The highest BCUT2D eigenvalue weighted by Crippen LogP contribution is 2.45. The summed E-state index contributed by atoms with van der Waals surface area (Å²) in [7, 11) is 0. The normalized spacial score (nSPS) is 19.4. The second-order valence-electron chi connectivity index (χ2n) is 12.5. The number of fused-ring (bicyclic) bond motifs is 1. The molecule has 6 nitrogen and oxygen atoms in total. The van der Waals surface area contributed by atoms with Gasteiger partial charge >= 0.3 is 12.1 Å². The molecule has 0 aromatic heterocycles. The average Bonchev–Trinajstić information content (AvgIpc) is 2.70. The Morgan fingerprint density at radius 3 is 2.23 bits per heavy atom. The fourth-order valence-electron chi connectivity index (χ4n) is 4.66. The second kappa shape index (κ2) is 9.79. The summed E-state index contributed by atoms with van der Waals surface area (Å²) in [6.45, 7) is 16.2. The zero-order chi connectivity index (χ0) is 26.3. The Bertz CT molecular complexity index is 971. The van der Waals surface area contributed by atoms with Crippen LogP contribution in [-0.4, -0.2) is 47.9 Å². The number of halogens is 2. The summed E-state index contributed by atoms with van der Waals surface area (Å²) >= 11 is 6.58. The van der Waals surface area contributed by atoms with Gasteiger partial charge in [-0.15, -0.1) is 0 Å². The molecule has 2 heterocycles. The van der Waals surface area contributed by atoms with Crippen molar-refractivity contribution in [3.8, 4) is 5.75 Å². The number of carbonyl (C=O) groups is 2. The monoisotopic (exact) mass is 511 g/mol. The summed E-state index contributed by atoms with van der Waals surface area (Å²) in [6, 6.07) is 1.71. The van der Waals surface area contributed by atoms with Gasteiger partial charge in [-0.25, -0.2) is 9.18 Å². The molecule has 2 aliphatic rings. The number of hydrogen-bond acceptors (Lipinski definition) is 5. The van der Waals surface area contributed by atoms with Gasteiger partial charge in [0, 0.05) is 24.1 Å². The van der Waals surface area contributed by atoms with Crippen molar-refractivity contribution in [2.24, 2.45) is 11.3 Å². The Labute approximate surface area is 213 Å². The quantitative estimate of drug-likeness (QED) is 0.432. The summed E-state index contributed by atoms with van der Waals surface area (Å²) < 4.78 is 32.7. The Kier molecular flexibility index (Phi) is 7.71. The number of carbonyl (C=O) groups excluding carboxylic acids is 2. The molecule has 1 aromatic carbocycles. The molecule has 0 bridgehead atoms. The minimum absolute atomic E-state index is 0.0597. The standard InChI is InChI=1S/C27H39ClFNO5/c1-25(2,3)34-23(31)20(16-9-11-30(12-10-16)24(32)35-26(4,5)6)17-13-19-18(22(29)21(17)28)14-27(7,8)15-33-19/h13,16,20H,9-12,14-15H2,1-8H3. The Hall–Kier alpha value is -2.02. The third-order valence-electron chi connectivity index (χ3n) is 6.23. The third kappa shape index (κ3) is 6.81. The van der Waals surface area contributed by atoms with Gasteiger partial charge in [0.05, 0.1) is 17.5 Å². The average molecular weight is 512 g/mol. The van der Waals surface area contributed by atoms with E-state index in [2.05, 4.69) is 0 Å². The third-order valence-corrected chi connectivity index (χ3v) is 6.61. The number of benzene rings is 1. The Morgan fingerprint density at radius 1 is 1.11 bits per heavy atom. The summed E-state index contributed by atoms with van der Waals surface area (Å²) in [4.78, 5) is 27.6. The van der Waals surface area contributed by atoms with E-state index in [-0.39, 0.29) is 22.4 Å². The first-order valence-corrected chi connectivity index (χ1v) is 12.7. The van der Waals surface area contributed by atoms with Crippen LogP contribution >= 0.6 is 11.6 Å². The number of esters is 1. The van der Waals surface area contributed by atoms with Gasteiger partial charge < -0.3 is 19.1 Å². The molecule has 1 unspecified atom stereocenters. The molecule has 0 aliphatic carbocycles. The van der Waals surface area contributed by atoms with Crippen molar-refractivity contribution in [2.75, 3.05) is 19.7 Å². The van der Waals surface area contributed by atoms with Crippen molar-refractivity contribution < 1.29 is 28.2 Å². The fraction of sp³-hybridized carbons (Fsp3) is 0.704. The molecule has 196 valence electrons. The zero-order valence-corrected chi connectivity index (χ0v) is 23.0. The summed E-state index contributed by atoms with van der Waals surface area (Å²) in [6.07, 6.45) is 1.19. The maximum atomic E-state index is 15.5. The van der Waals surface area contributed by atoms with Crippen molar-refractivity contribution >= 4 is 23.7 Å². The highest BCUT2D eigenvalue weighted by molar-refractivity contribution is 6.32. The number of piperidine rings is 1. The van der Waals surface area contributed by atoms with Crippen LogP contribution in [0.25, 0.3) is 0 Å². The van der Waals surface area contributed by atoms with E-state index in [0.717, 1.165) is 0 Å². The number of hydrogen-bond donors (Lipinski definition) is 0. The van der Waals surface area contributed by atoms with Crippen LogP contribution in [0.15, 0.2) is 6.07 Å².